The van der Waals surface area contributed by atoms with E-state index in [9.17, 15) is 4.79 Å². The van der Waals surface area contributed by atoms with Crippen LogP contribution in [-0.4, -0.2) is 29.9 Å². The van der Waals surface area contributed by atoms with Crippen molar-refractivity contribution in [3.8, 4) is 0 Å². The molecule has 1 unspecified atom stereocenters. The highest BCUT2D eigenvalue weighted by Gasteiger charge is 2.15. The molecule has 104 valence electrons. The molecular formula is C14H22N4O. The van der Waals surface area contributed by atoms with E-state index in [1.165, 1.54) is 0 Å². The fourth-order valence-electron chi connectivity index (χ4n) is 1.67. The lowest BCUT2D eigenvalue weighted by Gasteiger charge is -2.24. The predicted octanol–water partition coefficient (Wildman–Crippen LogP) is 1.79. The van der Waals surface area contributed by atoms with Gasteiger partial charge in [-0.05, 0) is 12.5 Å². The Balaban J connectivity index is 2.48. The molecule has 1 aromatic carbocycles. The summed E-state index contributed by atoms with van der Waals surface area (Å²) < 4.78 is 0. The van der Waals surface area contributed by atoms with Crippen molar-refractivity contribution in [1.29, 1.82) is 5.41 Å². The maximum Gasteiger partial charge on any atom is 0.317 e. The number of amidine groups is 1. The second-order valence-corrected chi connectivity index (χ2v) is 4.54. The number of nitrogens with one attached hydrogen (secondary N) is 2. The van der Waals surface area contributed by atoms with E-state index < -0.39 is 0 Å². The van der Waals surface area contributed by atoms with Crippen LogP contribution in [0.5, 0.6) is 0 Å². The summed E-state index contributed by atoms with van der Waals surface area (Å²) >= 11 is 0. The van der Waals surface area contributed by atoms with Crippen LogP contribution >= 0.6 is 0 Å². The Morgan fingerprint density at radius 3 is 2.58 bits per heavy atom. The maximum absolute atomic E-state index is 12.0. The molecule has 0 fully saturated rings. The van der Waals surface area contributed by atoms with Crippen LogP contribution in [0.4, 0.5) is 4.79 Å². The number of benzene rings is 1. The molecule has 19 heavy (non-hydrogen) atoms. The standard InChI is InChI=1S/C14H22N4O/c1-3-18(10-11(2)13(15)16)14(19)17-9-12-7-5-4-6-8-12/h4-8,11H,3,9-10H2,1-2H3,(H3,15,16)(H,17,19). The first-order valence-corrected chi connectivity index (χ1v) is 6.45. The predicted molar refractivity (Wildman–Crippen MR) is 77.0 cm³/mol. The van der Waals surface area contributed by atoms with Crippen LogP contribution < -0.4 is 11.1 Å². The molecule has 0 heterocycles. The van der Waals surface area contributed by atoms with E-state index in [1.807, 2.05) is 44.2 Å². The minimum Gasteiger partial charge on any atom is -0.387 e. The van der Waals surface area contributed by atoms with Crippen molar-refractivity contribution in [2.45, 2.75) is 20.4 Å². The van der Waals surface area contributed by atoms with Crippen LogP contribution in [0.15, 0.2) is 30.3 Å². The van der Waals surface area contributed by atoms with E-state index in [0.717, 1.165) is 5.56 Å². The Morgan fingerprint density at radius 1 is 1.42 bits per heavy atom. The molecule has 1 atom stereocenters. The molecule has 0 spiro atoms. The molecule has 1 aromatic rings. The molecule has 0 aromatic heterocycles. The maximum atomic E-state index is 12.0. The van der Waals surface area contributed by atoms with Gasteiger partial charge in [-0.25, -0.2) is 4.79 Å². The molecule has 0 bridgehead atoms. The number of urea groups is 1. The normalized spacial score (nSPS) is 11.7. The second kappa shape index (κ2) is 7.41. The lowest BCUT2D eigenvalue weighted by molar-refractivity contribution is 0.197. The van der Waals surface area contributed by atoms with Gasteiger partial charge >= 0.3 is 6.03 Å². The van der Waals surface area contributed by atoms with E-state index in [4.69, 9.17) is 11.1 Å². The van der Waals surface area contributed by atoms with Gasteiger partial charge in [0.05, 0.1) is 5.84 Å². The lowest BCUT2D eigenvalue weighted by Crippen LogP contribution is -2.43. The molecule has 0 aliphatic carbocycles. The van der Waals surface area contributed by atoms with Crippen LogP contribution in [0.1, 0.15) is 19.4 Å². The second-order valence-electron chi connectivity index (χ2n) is 4.54. The van der Waals surface area contributed by atoms with Gasteiger partial charge in [0.25, 0.3) is 0 Å². The van der Waals surface area contributed by atoms with E-state index in [-0.39, 0.29) is 17.8 Å². The van der Waals surface area contributed by atoms with Crippen molar-refractivity contribution in [1.82, 2.24) is 10.2 Å². The summed E-state index contributed by atoms with van der Waals surface area (Å²) in [6.07, 6.45) is 0. The van der Waals surface area contributed by atoms with Gasteiger partial charge < -0.3 is 16.0 Å². The van der Waals surface area contributed by atoms with Crippen molar-refractivity contribution in [3.63, 3.8) is 0 Å². The molecule has 0 aliphatic rings. The largest absolute Gasteiger partial charge is 0.387 e. The summed E-state index contributed by atoms with van der Waals surface area (Å²) in [5.41, 5.74) is 6.49. The van der Waals surface area contributed by atoms with Crippen molar-refractivity contribution in [2.75, 3.05) is 13.1 Å². The number of carbonyl (C=O) groups excluding carboxylic acids is 1. The van der Waals surface area contributed by atoms with Crippen molar-refractivity contribution in [2.24, 2.45) is 11.7 Å². The van der Waals surface area contributed by atoms with Crippen LogP contribution in [-0.2, 0) is 6.54 Å². The van der Waals surface area contributed by atoms with Crippen molar-refractivity contribution < 1.29 is 4.79 Å². The van der Waals surface area contributed by atoms with E-state index in [1.54, 1.807) is 4.90 Å². The first-order chi connectivity index (χ1) is 9.04. The number of carbonyl (C=O) groups is 1. The molecule has 4 N–H and O–H groups in total. The number of rotatable bonds is 6. The number of hydrogen-bond acceptors (Lipinski definition) is 2. The first kappa shape index (κ1) is 15.0. The van der Waals surface area contributed by atoms with Gasteiger partial charge in [0, 0.05) is 25.6 Å². The minimum absolute atomic E-state index is 0.106. The highest BCUT2D eigenvalue weighted by molar-refractivity contribution is 5.80. The summed E-state index contributed by atoms with van der Waals surface area (Å²) in [6.45, 7) is 5.32. The van der Waals surface area contributed by atoms with Gasteiger partial charge in [0.2, 0.25) is 0 Å². The van der Waals surface area contributed by atoms with Gasteiger partial charge in [-0.3, -0.25) is 5.41 Å². The molecule has 1 rings (SSSR count). The van der Waals surface area contributed by atoms with Gasteiger partial charge in [-0.2, -0.15) is 0 Å². The smallest absolute Gasteiger partial charge is 0.317 e. The average molecular weight is 262 g/mol. The Labute approximate surface area is 114 Å². The van der Waals surface area contributed by atoms with Gasteiger partial charge in [-0.1, -0.05) is 37.3 Å². The van der Waals surface area contributed by atoms with Crippen LogP contribution in [0, 0.1) is 11.3 Å². The fraction of sp³-hybridized carbons (Fsp3) is 0.429. The zero-order valence-corrected chi connectivity index (χ0v) is 11.5. The summed E-state index contributed by atoms with van der Waals surface area (Å²) in [4.78, 5) is 13.7. The van der Waals surface area contributed by atoms with Crippen LogP contribution in [0.25, 0.3) is 0 Å². The van der Waals surface area contributed by atoms with Gasteiger partial charge in [-0.15, -0.1) is 0 Å². The number of nitrogens with two attached hydrogens (primary N) is 1. The summed E-state index contributed by atoms with van der Waals surface area (Å²) in [7, 11) is 0. The fourth-order valence-corrected chi connectivity index (χ4v) is 1.67. The molecular weight excluding hydrogens is 240 g/mol. The molecule has 0 radical (unpaired) electrons. The number of nitrogens with zero attached hydrogens (tertiary/aromatic N) is 1. The van der Waals surface area contributed by atoms with E-state index in [2.05, 4.69) is 5.32 Å². The Morgan fingerprint density at radius 2 is 2.05 bits per heavy atom. The summed E-state index contributed by atoms with van der Waals surface area (Å²) in [5.74, 6) is -0.0169. The summed E-state index contributed by atoms with van der Waals surface area (Å²) in [5, 5.41) is 10.2. The monoisotopic (exact) mass is 262 g/mol. The summed E-state index contributed by atoms with van der Waals surface area (Å²) in [6, 6.07) is 9.63. The first-order valence-electron chi connectivity index (χ1n) is 6.45. The van der Waals surface area contributed by atoms with E-state index in [0.29, 0.717) is 19.6 Å². The Hall–Kier alpha value is -2.04. The quantitative estimate of drug-likeness (QED) is 0.539. The molecule has 0 saturated heterocycles. The molecule has 5 heteroatoms. The molecule has 2 amide bonds. The third-order valence-corrected chi connectivity index (χ3v) is 2.98. The van der Waals surface area contributed by atoms with Crippen LogP contribution in [0.2, 0.25) is 0 Å². The molecule has 0 aliphatic heterocycles. The Kier molecular flexibility index (Phi) is 5.85. The number of hydrogen-bond donors (Lipinski definition) is 3. The lowest BCUT2D eigenvalue weighted by atomic mass is 10.1. The van der Waals surface area contributed by atoms with Gasteiger partial charge in [0.15, 0.2) is 0 Å². The third kappa shape index (κ3) is 4.99. The third-order valence-electron chi connectivity index (χ3n) is 2.98. The average Bonchev–Trinajstić information content (AvgIpc) is 2.42. The van der Waals surface area contributed by atoms with Crippen molar-refractivity contribution in [3.05, 3.63) is 35.9 Å². The van der Waals surface area contributed by atoms with Crippen molar-refractivity contribution >= 4 is 11.9 Å². The van der Waals surface area contributed by atoms with Crippen LogP contribution in [0.3, 0.4) is 0 Å². The van der Waals surface area contributed by atoms with Gasteiger partial charge in [0.1, 0.15) is 0 Å². The zero-order valence-electron chi connectivity index (χ0n) is 11.5. The Bertz CT molecular complexity index is 419. The highest BCUT2D eigenvalue weighted by Crippen LogP contribution is 2.02. The molecule has 0 saturated carbocycles. The zero-order chi connectivity index (χ0) is 14.3. The number of amides is 2. The SMILES string of the molecule is CCN(CC(C)C(=N)N)C(=O)NCc1ccccc1. The highest BCUT2D eigenvalue weighted by atomic mass is 16.2. The minimum atomic E-state index is -0.126. The topological polar surface area (TPSA) is 82.2 Å². The van der Waals surface area contributed by atoms with E-state index >= 15 is 0 Å². The molecule has 5 nitrogen and oxygen atoms in total.